The van der Waals surface area contributed by atoms with Crippen LogP contribution in [0.4, 0.5) is 15.8 Å². The smallest absolute Gasteiger partial charge is 0.242 e. The second kappa shape index (κ2) is 8.15. The Morgan fingerprint density at radius 3 is 2.71 bits per heavy atom. The summed E-state index contributed by atoms with van der Waals surface area (Å²) in [6.07, 6.45) is 1.75. The number of morpholine rings is 1. The summed E-state index contributed by atoms with van der Waals surface area (Å²) in [4.78, 5) is 13.8. The first-order chi connectivity index (χ1) is 11.4. The van der Waals surface area contributed by atoms with Gasteiger partial charge < -0.3 is 20.3 Å². The minimum absolute atomic E-state index is 0.0690. The van der Waals surface area contributed by atoms with E-state index in [4.69, 9.17) is 4.74 Å². The van der Waals surface area contributed by atoms with Crippen LogP contribution in [0, 0.1) is 5.82 Å². The Morgan fingerprint density at radius 1 is 1.46 bits per heavy atom. The molecule has 1 heterocycles. The molecule has 1 amide bonds. The molecule has 0 aromatic heterocycles. The average molecular weight is 335 g/mol. The van der Waals surface area contributed by atoms with Crippen molar-refractivity contribution in [1.29, 1.82) is 0 Å². The molecule has 0 spiro atoms. The standard InChI is InChI=1S/C18H26FN3O2/c1-5-8-20-18(23)14(4)21-15-6-7-17(16(19)9-15)22-10-12(2)24-13(3)11-22/h5-7,9,12-14,21H,1,8,10-11H2,2-4H3,(H,20,23)/t12-,13+,14-/m1/s1. The molecular weight excluding hydrogens is 309 g/mol. The minimum atomic E-state index is -0.460. The van der Waals surface area contributed by atoms with E-state index in [0.29, 0.717) is 31.0 Å². The van der Waals surface area contributed by atoms with Crippen molar-refractivity contribution in [3.05, 3.63) is 36.7 Å². The van der Waals surface area contributed by atoms with E-state index in [1.54, 1.807) is 25.1 Å². The fraction of sp³-hybridized carbons (Fsp3) is 0.500. The summed E-state index contributed by atoms with van der Waals surface area (Å²) >= 11 is 0. The summed E-state index contributed by atoms with van der Waals surface area (Å²) in [6, 6.07) is 4.51. The lowest BCUT2D eigenvalue weighted by Crippen LogP contribution is -2.45. The Morgan fingerprint density at radius 2 is 2.12 bits per heavy atom. The number of ether oxygens (including phenoxy) is 1. The van der Waals surface area contributed by atoms with Gasteiger partial charge in [0, 0.05) is 25.3 Å². The predicted molar refractivity (Wildman–Crippen MR) is 94.9 cm³/mol. The van der Waals surface area contributed by atoms with Crippen LogP contribution in [0.15, 0.2) is 30.9 Å². The molecule has 2 rings (SSSR count). The molecule has 0 aliphatic carbocycles. The number of hydrogen-bond acceptors (Lipinski definition) is 4. The van der Waals surface area contributed by atoms with Gasteiger partial charge in [-0.1, -0.05) is 6.08 Å². The molecule has 6 heteroatoms. The molecule has 132 valence electrons. The van der Waals surface area contributed by atoms with Crippen LogP contribution in [0.3, 0.4) is 0 Å². The van der Waals surface area contributed by atoms with Crippen LogP contribution in [-0.2, 0) is 9.53 Å². The number of carbonyl (C=O) groups is 1. The van der Waals surface area contributed by atoms with E-state index in [9.17, 15) is 9.18 Å². The summed E-state index contributed by atoms with van der Waals surface area (Å²) in [5.41, 5.74) is 1.14. The van der Waals surface area contributed by atoms with Crippen molar-refractivity contribution < 1.29 is 13.9 Å². The molecule has 0 saturated carbocycles. The largest absolute Gasteiger partial charge is 0.374 e. The molecule has 1 saturated heterocycles. The second-order valence-electron chi connectivity index (χ2n) is 6.23. The van der Waals surface area contributed by atoms with Crippen molar-refractivity contribution in [3.63, 3.8) is 0 Å². The summed E-state index contributed by atoms with van der Waals surface area (Å²) in [5, 5.41) is 5.71. The minimum Gasteiger partial charge on any atom is -0.374 e. The summed E-state index contributed by atoms with van der Waals surface area (Å²) in [7, 11) is 0. The van der Waals surface area contributed by atoms with Gasteiger partial charge in [0.1, 0.15) is 11.9 Å². The highest BCUT2D eigenvalue weighted by atomic mass is 19.1. The number of hydrogen-bond donors (Lipinski definition) is 2. The third kappa shape index (κ3) is 4.71. The van der Waals surface area contributed by atoms with Crippen LogP contribution in [0.2, 0.25) is 0 Å². The van der Waals surface area contributed by atoms with E-state index in [0.717, 1.165) is 0 Å². The predicted octanol–water partition coefficient (Wildman–Crippen LogP) is 2.54. The Labute approximate surface area is 142 Å². The van der Waals surface area contributed by atoms with Crippen LogP contribution >= 0.6 is 0 Å². The van der Waals surface area contributed by atoms with E-state index in [1.165, 1.54) is 6.07 Å². The van der Waals surface area contributed by atoms with Crippen molar-refractivity contribution in [3.8, 4) is 0 Å². The molecule has 1 aromatic carbocycles. The van der Waals surface area contributed by atoms with E-state index in [2.05, 4.69) is 17.2 Å². The van der Waals surface area contributed by atoms with Crippen molar-refractivity contribution in [2.75, 3.05) is 29.9 Å². The highest BCUT2D eigenvalue weighted by Crippen LogP contribution is 2.26. The quantitative estimate of drug-likeness (QED) is 0.785. The Bertz CT molecular complexity index is 584. The van der Waals surface area contributed by atoms with Gasteiger partial charge in [0.15, 0.2) is 0 Å². The number of benzene rings is 1. The first-order valence-electron chi connectivity index (χ1n) is 8.25. The van der Waals surface area contributed by atoms with Gasteiger partial charge in [-0.3, -0.25) is 4.79 Å². The average Bonchev–Trinajstić information content (AvgIpc) is 2.51. The van der Waals surface area contributed by atoms with Gasteiger partial charge in [-0.15, -0.1) is 6.58 Å². The molecule has 24 heavy (non-hydrogen) atoms. The maximum atomic E-state index is 14.5. The van der Waals surface area contributed by atoms with Crippen LogP contribution in [-0.4, -0.2) is 43.8 Å². The molecule has 1 aromatic rings. The first kappa shape index (κ1) is 18.3. The maximum absolute atomic E-state index is 14.5. The van der Waals surface area contributed by atoms with E-state index < -0.39 is 6.04 Å². The lowest BCUT2D eigenvalue weighted by molar-refractivity contribution is -0.121. The summed E-state index contributed by atoms with van der Waals surface area (Å²) in [5.74, 6) is -0.463. The summed E-state index contributed by atoms with van der Waals surface area (Å²) in [6.45, 7) is 11.0. The lowest BCUT2D eigenvalue weighted by atomic mass is 10.1. The molecule has 1 fully saturated rings. The molecule has 5 nitrogen and oxygen atoms in total. The molecule has 0 radical (unpaired) electrons. The lowest BCUT2D eigenvalue weighted by Gasteiger charge is -2.37. The van der Waals surface area contributed by atoms with Crippen molar-refractivity contribution in [2.24, 2.45) is 0 Å². The van der Waals surface area contributed by atoms with Crippen LogP contribution in [0.1, 0.15) is 20.8 Å². The van der Waals surface area contributed by atoms with Gasteiger partial charge in [0.25, 0.3) is 0 Å². The van der Waals surface area contributed by atoms with Crippen LogP contribution in [0.25, 0.3) is 0 Å². The fourth-order valence-corrected chi connectivity index (χ4v) is 2.87. The Balaban J connectivity index is 2.04. The van der Waals surface area contributed by atoms with Gasteiger partial charge in [-0.25, -0.2) is 4.39 Å². The van der Waals surface area contributed by atoms with Crippen molar-refractivity contribution in [2.45, 2.75) is 39.0 Å². The molecular formula is C18H26FN3O2. The number of rotatable bonds is 6. The van der Waals surface area contributed by atoms with Gasteiger partial charge in [0.2, 0.25) is 5.91 Å². The summed E-state index contributed by atoms with van der Waals surface area (Å²) < 4.78 is 20.2. The molecule has 2 N–H and O–H groups in total. The Hall–Kier alpha value is -2.08. The monoisotopic (exact) mass is 335 g/mol. The van der Waals surface area contributed by atoms with Gasteiger partial charge in [-0.05, 0) is 39.0 Å². The second-order valence-corrected chi connectivity index (χ2v) is 6.23. The topological polar surface area (TPSA) is 53.6 Å². The number of amides is 1. The maximum Gasteiger partial charge on any atom is 0.242 e. The van der Waals surface area contributed by atoms with E-state index >= 15 is 0 Å². The molecule has 1 aliphatic rings. The normalized spacial score (nSPS) is 21.9. The van der Waals surface area contributed by atoms with Crippen LogP contribution < -0.4 is 15.5 Å². The molecule has 0 bridgehead atoms. The van der Waals surface area contributed by atoms with Gasteiger partial charge in [-0.2, -0.15) is 0 Å². The number of halogens is 1. The first-order valence-corrected chi connectivity index (χ1v) is 8.25. The zero-order chi connectivity index (χ0) is 17.7. The Kier molecular flexibility index (Phi) is 6.20. The highest BCUT2D eigenvalue weighted by Gasteiger charge is 2.24. The zero-order valence-electron chi connectivity index (χ0n) is 14.5. The molecule has 0 unspecified atom stereocenters. The number of nitrogens with one attached hydrogen (secondary N) is 2. The molecule has 1 aliphatic heterocycles. The highest BCUT2D eigenvalue weighted by molar-refractivity contribution is 5.84. The van der Waals surface area contributed by atoms with E-state index in [-0.39, 0.29) is 23.9 Å². The third-order valence-corrected chi connectivity index (χ3v) is 3.91. The van der Waals surface area contributed by atoms with Crippen LogP contribution in [0.5, 0.6) is 0 Å². The molecule has 3 atom stereocenters. The van der Waals surface area contributed by atoms with Gasteiger partial charge in [0.05, 0.1) is 17.9 Å². The van der Waals surface area contributed by atoms with Crippen molar-refractivity contribution >= 4 is 17.3 Å². The van der Waals surface area contributed by atoms with Crippen molar-refractivity contribution in [1.82, 2.24) is 5.32 Å². The SMILES string of the molecule is C=CCNC(=O)[C@@H](C)Nc1ccc(N2C[C@@H](C)O[C@@H](C)C2)c(F)c1. The van der Waals surface area contributed by atoms with E-state index in [1.807, 2.05) is 18.7 Å². The fourth-order valence-electron chi connectivity index (χ4n) is 2.87. The third-order valence-electron chi connectivity index (χ3n) is 3.91. The number of carbonyl (C=O) groups excluding carboxylic acids is 1. The van der Waals surface area contributed by atoms with Gasteiger partial charge >= 0.3 is 0 Å². The number of nitrogens with zero attached hydrogens (tertiary/aromatic N) is 1. The zero-order valence-corrected chi connectivity index (χ0v) is 14.5. The number of anilines is 2.